The van der Waals surface area contributed by atoms with E-state index in [2.05, 4.69) is 5.32 Å². The maximum absolute atomic E-state index is 13.9. The molecule has 1 aromatic rings. The summed E-state index contributed by atoms with van der Waals surface area (Å²) in [6, 6.07) is 7.13. The molecule has 3 nitrogen and oxygen atoms in total. The van der Waals surface area contributed by atoms with Crippen molar-refractivity contribution in [2.75, 3.05) is 13.2 Å². The normalized spacial score (nSPS) is 25.5. The zero-order chi connectivity index (χ0) is 15.3. The van der Waals surface area contributed by atoms with Crippen LogP contribution in [0.3, 0.4) is 0 Å². The first-order valence-electron chi connectivity index (χ1n) is 7.90. The molecule has 4 N–H and O–H groups in total. The second-order valence-corrected chi connectivity index (χ2v) is 6.51. The van der Waals surface area contributed by atoms with Gasteiger partial charge < -0.3 is 16.2 Å². The monoisotopic (exact) mass is 294 g/mol. The van der Waals surface area contributed by atoms with Crippen LogP contribution in [-0.2, 0) is 6.42 Å². The lowest BCUT2D eigenvalue weighted by atomic mass is 9.82. The van der Waals surface area contributed by atoms with Crippen LogP contribution in [0, 0.1) is 11.7 Å². The first-order chi connectivity index (χ1) is 10.1. The zero-order valence-electron chi connectivity index (χ0n) is 12.8. The van der Waals surface area contributed by atoms with Crippen molar-refractivity contribution in [3.63, 3.8) is 0 Å². The largest absolute Gasteiger partial charge is 0.396 e. The topological polar surface area (TPSA) is 58.3 Å². The van der Waals surface area contributed by atoms with Crippen LogP contribution in [-0.4, -0.2) is 29.8 Å². The van der Waals surface area contributed by atoms with Crippen molar-refractivity contribution in [1.29, 1.82) is 0 Å². The number of aliphatic hydroxyl groups is 1. The van der Waals surface area contributed by atoms with Crippen molar-refractivity contribution in [2.45, 2.75) is 50.6 Å². The predicted molar refractivity (Wildman–Crippen MR) is 83.5 cm³/mol. The van der Waals surface area contributed by atoms with Crippen LogP contribution in [0.5, 0.6) is 0 Å². The van der Waals surface area contributed by atoms with Gasteiger partial charge in [0, 0.05) is 24.7 Å². The number of benzene rings is 1. The summed E-state index contributed by atoms with van der Waals surface area (Å²) < 4.78 is 13.9. The Morgan fingerprint density at radius 1 is 1.33 bits per heavy atom. The summed E-state index contributed by atoms with van der Waals surface area (Å²) in [6.07, 6.45) is 5.02. The molecule has 1 saturated carbocycles. The average molecular weight is 294 g/mol. The molecular formula is C17H27FN2O. The van der Waals surface area contributed by atoms with Gasteiger partial charge in [-0.3, -0.25) is 0 Å². The maximum atomic E-state index is 13.9. The van der Waals surface area contributed by atoms with Crippen molar-refractivity contribution in [3.05, 3.63) is 35.6 Å². The van der Waals surface area contributed by atoms with E-state index in [0.717, 1.165) is 12.8 Å². The lowest BCUT2D eigenvalue weighted by Crippen LogP contribution is -2.57. The molecule has 0 saturated heterocycles. The molecule has 2 rings (SSSR count). The van der Waals surface area contributed by atoms with E-state index >= 15 is 0 Å². The van der Waals surface area contributed by atoms with Crippen molar-refractivity contribution < 1.29 is 9.50 Å². The summed E-state index contributed by atoms with van der Waals surface area (Å²) in [5.41, 5.74) is 6.30. The first-order valence-corrected chi connectivity index (χ1v) is 7.90. The van der Waals surface area contributed by atoms with E-state index in [4.69, 9.17) is 5.73 Å². The van der Waals surface area contributed by atoms with Crippen molar-refractivity contribution in [1.82, 2.24) is 5.32 Å². The van der Waals surface area contributed by atoms with Crippen LogP contribution in [0.25, 0.3) is 0 Å². The van der Waals surface area contributed by atoms with Gasteiger partial charge in [0.25, 0.3) is 0 Å². The van der Waals surface area contributed by atoms with Gasteiger partial charge in [-0.05, 0) is 43.7 Å². The molecule has 0 aliphatic heterocycles. The van der Waals surface area contributed by atoms with Gasteiger partial charge >= 0.3 is 0 Å². The molecule has 1 aliphatic rings. The molecule has 0 bridgehead atoms. The lowest BCUT2D eigenvalue weighted by Gasteiger charge is -2.39. The standard InChI is InChI=1S/C17H27FN2O/c1-17(12-19,10-13-6-2-4-8-15(13)18)20-16-9-5-3-7-14(16)11-21/h2,4,6,8,14,16,20-21H,3,5,7,9-12,19H2,1H3. The van der Waals surface area contributed by atoms with Crippen molar-refractivity contribution in [3.8, 4) is 0 Å². The molecule has 1 aromatic carbocycles. The van der Waals surface area contributed by atoms with Gasteiger partial charge in [0.2, 0.25) is 0 Å². The Labute approximate surface area is 126 Å². The Hall–Kier alpha value is -0.970. The van der Waals surface area contributed by atoms with E-state index in [9.17, 15) is 9.50 Å². The number of hydrogen-bond acceptors (Lipinski definition) is 3. The van der Waals surface area contributed by atoms with Gasteiger partial charge in [0.1, 0.15) is 5.82 Å². The third kappa shape index (κ3) is 4.25. The molecule has 0 spiro atoms. The molecule has 0 amide bonds. The van der Waals surface area contributed by atoms with Crippen LogP contribution in [0.4, 0.5) is 4.39 Å². The van der Waals surface area contributed by atoms with Crippen LogP contribution >= 0.6 is 0 Å². The molecule has 0 radical (unpaired) electrons. The fraction of sp³-hybridized carbons (Fsp3) is 0.647. The van der Waals surface area contributed by atoms with E-state index in [0.29, 0.717) is 18.5 Å². The molecule has 118 valence electrons. The molecule has 21 heavy (non-hydrogen) atoms. The van der Waals surface area contributed by atoms with Gasteiger partial charge in [-0.2, -0.15) is 0 Å². The second-order valence-electron chi connectivity index (χ2n) is 6.51. The highest BCUT2D eigenvalue weighted by Crippen LogP contribution is 2.26. The molecule has 0 aromatic heterocycles. The van der Waals surface area contributed by atoms with E-state index in [1.165, 1.54) is 18.9 Å². The van der Waals surface area contributed by atoms with Crippen LogP contribution in [0.2, 0.25) is 0 Å². The number of nitrogens with two attached hydrogens (primary N) is 1. The molecule has 3 unspecified atom stereocenters. The highest BCUT2D eigenvalue weighted by Gasteiger charge is 2.32. The highest BCUT2D eigenvalue weighted by molar-refractivity contribution is 5.20. The summed E-state index contributed by atoms with van der Waals surface area (Å²) in [4.78, 5) is 0. The SMILES string of the molecule is CC(CN)(Cc1ccccc1F)NC1CCCCC1CO. The summed E-state index contributed by atoms with van der Waals surface area (Å²) in [6.45, 7) is 2.69. The Morgan fingerprint density at radius 3 is 2.71 bits per heavy atom. The van der Waals surface area contributed by atoms with Crippen molar-refractivity contribution >= 4 is 0 Å². The third-order valence-electron chi connectivity index (χ3n) is 4.67. The number of nitrogens with one attached hydrogen (secondary N) is 1. The van der Waals surface area contributed by atoms with Gasteiger partial charge in [0.15, 0.2) is 0 Å². The lowest BCUT2D eigenvalue weighted by molar-refractivity contribution is 0.131. The molecule has 0 heterocycles. The Balaban J connectivity index is 2.08. The summed E-state index contributed by atoms with van der Waals surface area (Å²) >= 11 is 0. The van der Waals surface area contributed by atoms with Gasteiger partial charge in [-0.1, -0.05) is 31.0 Å². The van der Waals surface area contributed by atoms with Gasteiger partial charge in [-0.15, -0.1) is 0 Å². The minimum Gasteiger partial charge on any atom is -0.396 e. The maximum Gasteiger partial charge on any atom is 0.126 e. The van der Waals surface area contributed by atoms with Crippen molar-refractivity contribution in [2.24, 2.45) is 11.7 Å². The van der Waals surface area contributed by atoms with E-state index in [-0.39, 0.29) is 29.9 Å². The number of rotatable bonds is 6. The fourth-order valence-electron chi connectivity index (χ4n) is 3.31. The quantitative estimate of drug-likeness (QED) is 0.754. The van der Waals surface area contributed by atoms with E-state index in [1.54, 1.807) is 6.07 Å². The minimum atomic E-state index is -0.350. The minimum absolute atomic E-state index is 0.179. The molecule has 1 aliphatic carbocycles. The Bertz CT molecular complexity index is 454. The van der Waals surface area contributed by atoms with Gasteiger partial charge in [-0.25, -0.2) is 4.39 Å². The second kappa shape index (κ2) is 7.34. The summed E-state index contributed by atoms with van der Waals surface area (Å²) in [5, 5.41) is 13.1. The Morgan fingerprint density at radius 2 is 2.05 bits per heavy atom. The van der Waals surface area contributed by atoms with E-state index in [1.807, 2.05) is 19.1 Å². The number of halogens is 1. The highest BCUT2D eigenvalue weighted by atomic mass is 19.1. The van der Waals surface area contributed by atoms with Gasteiger partial charge in [0.05, 0.1) is 0 Å². The molecule has 4 heteroatoms. The van der Waals surface area contributed by atoms with Crippen LogP contribution in [0.15, 0.2) is 24.3 Å². The summed E-state index contributed by atoms with van der Waals surface area (Å²) in [7, 11) is 0. The smallest absolute Gasteiger partial charge is 0.126 e. The Kier molecular flexibility index (Phi) is 5.73. The molecular weight excluding hydrogens is 267 g/mol. The number of hydrogen-bond donors (Lipinski definition) is 3. The van der Waals surface area contributed by atoms with Crippen LogP contribution in [0.1, 0.15) is 38.2 Å². The third-order valence-corrected chi connectivity index (χ3v) is 4.67. The summed E-state index contributed by atoms with van der Waals surface area (Å²) in [5.74, 6) is 0.103. The first kappa shape index (κ1) is 16.4. The molecule has 3 atom stereocenters. The van der Waals surface area contributed by atoms with E-state index < -0.39 is 0 Å². The average Bonchev–Trinajstić information content (AvgIpc) is 2.50. The number of aliphatic hydroxyl groups excluding tert-OH is 1. The fourth-order valence-corrected chi connectivity index (χ4v) is 3.31. The molecule has 1 fully saturated rings. The zero-order valence-corrected chi connectivity index (χ0v) is 12.8. The predicted octanol–water partition coefficient (Wildman–Crippen LogP) is 2.23. The van der Waals surface area contributed by atoms with Crippen LogP contribution < -0.4 is 11.1 Å².